The monoisotopic (exact) mass is 520 g/mol. The molecule has 1 nitrogen and oxygen atoms in total. The van der Waals surface area contributed by atoms with Gasteiger partial charge in [0.05, 0.1) is 0 Å². The first kappa shape index (κ1) is 18.0. The fourth-order valence-electron chi connectivity index (χ4n) is 2.87. The van der Waals surface area contributed by atoms with Crippen LogP contribution in [0.1, 0.15) is 23.4 Å². The number of allylic oxidation sites excluding steroid dienone is 1. The number of benzene rings is 3. The molecule has 3 aromatic rings. The van der Waals surface area contributed by atoms with Crippen molar-refractivity contribution >= 4 is 16.7 Å². The molecule has 0 amide bonds. The number of hydrogen-bond acceptors (Lipinski definition) is 1. The first-order chi connectivity index (χ1) is 11.8. The Balaban J connectivity index is 0.00000182. The molecule has 1 unspecified atom stereocenters. The van der Waals surface area contributed by atoms with Crippen LogP contribution in [-0.4, -0.2) is 0 Å². The second-order valence-electron chi connectivity index (χ2n) is 5.78. The van der Waals surface area contributed by atoms with Crippen LogP contribution in [0.4, 0.5) is 0 Å². The van der Waals surface area contributed by atoms with Crippen LogP contribution in [0.25, 0.3) is 21.3 Å². The summed E-state index contributed by atoms with van der Waals surface area (Å²) in [6, 6.07) is 30.6. The maximum Gasteiger partial charge on any atom is 0 e. The number of nitrogens with zero attached hydrogens (tertiary/aromatic N) is 1. The Bertz CT molecular complexity index is 858. The molecule has 0 aromatic heterocycles. The molecule has 1 atom stereocenters. The van der Waals surface area contributed by atoms with Gasteiger partial charge in [-0.15, -0.1) is 11.8 Å². The molecule has 0 spiro atoms. The van der Waals surface area contributed by atoms with Gasteiger partial charge < -0.3 is 5.32 Å². The predicted octanol–water partition coefficient (Wildman–Crippen LogP) is 6.66. The van der Waals surface area contributed by atoms with E-state index in [0.29, 0.717) is 0 Å². The van der Waals surface area contributed by atoms with Crippen molar-refractivity contribution in [3.63, 3.8) is 0 Å². The van der Waals surface area contributed by atoms with Gasteiger partial charge in [-0.25, -0.2) is 0 Å². The van der Waals surface area contributed by atoms with Crippen molar-refractivity contribution in [1.29, 1.82) is 0 Å². The molecule has 4 rings (SSSR count). The second-order valence-corrected chi connectivity index (χ2v) is 6.87. The molecular formula is C22H17IrNS-2. The zero-order chi connectivity index (χ0) is 16.4. The van der Waals surface area contributed by atoms with E-state index in [0.717, 1.165) is 11.3 Å². The summed E-state index contributed by atoms with van der Waals surface area (Å²) in [5.74, 6) is 0. The number of rotatable bonds is 3. The van der Waals surface area contributed by atoms with Gasteiger partial charge in [-0.3, -0.25) is 0 Å². The Morgan fingerprint density at radius 2 is 1.44 bits per heavy atom. The fourth-order valence-corrected chi connectivity index (χ4v) is 4.08. The van der Waals surface area contributed by atoms with Gasteiger partial charge in [-0.1, -0.05) is 66.9 Å². The first-order valence-corrected chi connectivity index (χ1v) is 8.90. The molecule has 0 aliphatic carbocycles. The maximum absolute atomic E-state index is 4.81. The number of hydrogen-bond donors (Lipinski definition) is 0. The van der Waals surface area contributed by atoms with E-state index in [4.69, 9.17) is 5.32 Å². The van der Waals surface area contributed by atoms with Crippen molar-refractivity contribution < 1.29 is 20.1 Å². The third-order valence-electron chi connectivity index (χ3n) is 4.12. The Labute approximate surface area is 166 Å². The third-order valence-corrected chi connectivity index (χ3v) is 5.47. The molecule has 0 fully saturated rings. The van der Waals surface area contributed by atoms with Gasteiger partial charge in [-0.05, 0) is 21.6 Å². The zero-order valence-corrected chi connectivity index (χ0v) is 17.0. The topological polar surface area (TPSA) is 14.1 Å². The first-order valence-electron chi connectivity index (χ1n) is 8.02. The SMILES string of the molecule is CC1=C(c2ccc(-c3ccccc3)cc2)SC(c2[c-]cccc2)[N-]1.[Ir]. The quantitative estimate of drug-likeness (QED) is 0.353. The van der Waals surface area contributed by atoms with Crippen LogP contribution in [0.5, 0.6) is 0 Å². The molecule has 1 aliphatic heterocycles. The summed E-state index contributed by atoms with van der Waals surface area (Å²) in [6.45, 7) is 2.09. The Morgan fingerprint density at radius 1 is 0.800 bits per heavy atom. The average molecular weight is 520 g/mol. The molecule has 1 aliphatic rings. The maximum atomic E-state index is 4.81. The summed E-state index contributed by atoms with van der Waals surface area (Å²) in [5, 5.41) is 4.93. The van der Waals surface area contributed by atoms with E-state index in [2.05, 4.69) is 67.6 Å². The fraction of sp³-hybridized carbons (Fsp3) is 0.0909. The summed E-state index contributed by atoms with van der Waals surface area (Å²) in [6.07, 6.45) is 0. The van der Waals surface area contributed by atoms with E-state index in [1.54, 1.807) is 0 Å². The van der Waals surface area contributed by atoms with Gasteiger partial charge in [0, 0.05) is 20.1 Å². The minimum Gasteiger partial charge on any atom is -0.674 e. The molecule has 3 heteroatoms. The van der Waals surface area contributed by atoms with Gasteiger partial charge in [0.1, 0.15) is 0 Å². The van der Waals surface area contributed by atoms with Crippen LogP contribution < -0.4 is 0 Å². The summed E-state index contributed by atoms with van der Waals surface area (Å²) in [5.41, 5.74) is 5.97. The van der Waals surface area contributed by atoms with Gasteiger partial charge in [0.15, 0.2) is 0 Å². The summed E-state index contributed by atoms with van der Waals surface area (Å²) < 4.78 is 0. The summed E-state index contributed by atoms with van der Waals surface area (Å²) in [7, 11) is 0. The van der Waals surface area contributed by atoms with Crippen LogP contribution in [0.2, 0.25) is 0 Å². The number of thioether (sulfide) groups is 1. The van der Waals surface area contributed by atoms with E-state index in [1.807, 2.05) is 36.0 Å². The molecule has 0 bridgehead atoms. The average Bonchev–Trinajstić information content (AvgIpc) is 3.05. The van der Waals surface area contributed by atoms with Crippen molar-refractivity contribution in [2.75, 3.05) is 0 Å². The van der Waals surface area contributed by atoms with Gasteiger partial charge in [0.2, 0.25) is 0 Å². The summed E-state index contributed by atoms with van der Waals surface area (Å²) in [4.78, 5) is 1.26. The van der Waals surface area contributed by atoms with Crippen molar-refractivity contribution in [1.82, 2.24) is 0 Å². The molecule has 1 radical (unpaired) electrons. The molecule has 127 valence electrons. The molecule has 3 aromatic carbocycles. The van der Waals surface area contributed by atoms with Crippen LogP contribution in [0, 0.1) is 6.07 Å². The minimum absolute atomic E-state index is 0. The van der Waals surface area contributed by atoms with E-state index in [9.17, 15) is 0 Å². The predicted molar refractivity (Wildman–Crippen MR) is 103 cm³/mol. The van der Waals surface area contributed by atoms with Crippen molar-refractivity contribution in [2.45, 2.75) is 12.3 Å². The normalized spacial score (nSPS) is 16.3. The zero-order valence-electron chi connectivity index (χ0n) is 13.8. The molecule has 25 heavy (non-hydrogen) atoms. The Morgan fingerprint density at radius 3 is 2.12 bits per heavy atom. The van der Waals surface area contributed by atoms with Gasteiger partial charge >= 0.3 is 0 Å². The van der Waals surface area contributed by atoms with Crippen molar-refractivity contribution in [2.24, 2.45) is 0 Å². The largest absolute Gasteiger partial charge is 0.674 e. The Kier molecular flexibility index (Phi) is 5.80. The van der Waals surface area contributed by atoms with E-state index in [1.165, 1.54) is 21.6 Å². The minimum atomic E-state index is 0. The molecule has 1 heterocycles. The molecule has 0 saturated carbocycles. The van der Waals surface area contributed by atoms with Gasteiger partial charge in [-0.2, -0.15) is 41.6 Å². The van der Waals surface area contributed by atoms with E-state index >= 15 is 0 Å². The molecular weight excluding hydrogens is 503 g/mol. The van der Waals surface area contributed by atoms with E-state index < -0.39 is 0 Å². The van der Waals surface area contributed by atoms with E-state index in [-0.39, 0.29) is 25.5 Å². The third kappa shape index (κ3) is 3.90. The standard InChI is InChI=1S/C22H17NS.Ir/c1-16-21(24-22(23-16)20-10-6-3-7-11-20)19-14-12-18(13-15-19)17-8-4-2-5-9-17;/h2-10,12-15,22H,1H3;/q-2;. The van der Waals surface area contributed by atoms with Crippen molar-refractivity contribution in [3.8, 4) is 11.1 Å². The van der Waals surface area contributed by atoms with Crippen LogP contribution >= 0.6 is 11.8 Å². The second kappa shape index (κ2) is 8.05. The summed E-state index contributed by atoms with van der Waals surface area (Å²) >= 11 is 1.81. The van der Waals surface area contributed by atoms with Crippen molar-refractivity contribution in [3.05, 3.63) is 107 Å². The van der Waals surface area contributed by atoms with Crippen LogP contribution in [0.3, 0.4) is 0 Å². The smallest absolute Gasteiger partial charge is 0 e. The van der Waals surface area contributed by atoms with Gasteiger partial charge in [0.25, 0.3) is 0 Å². The molecule has 0 N–H and O–H groups in total. The van der Waals surface area contributed by atoms with Crippen LogP contribution in [0.15, 0.2) is 84.6 Å². The van der Waals surface area contributed by atoms with Crippen LogP contribution in [-0.2, 0) is 20.1 Å². The Hall–Kier alpha value is -1.80. The molecule has 0 saturated heterocycles.